The predicted molar refractivity (Wildman–Crippen MR) is 64.5 cm³/mol. The largest absolute Gasteiger partial charge is 0.341 e. The highest BCUT2D eigenvalue weighted by Gasteiger charge is 2.33. The van der Waals surface area contributed by atoms with Gasteiger partial charge < -0.3 is 10.6 Å². The van der Waals surface area contributed by atoms with Crippen LogP contribution in [0.3, 0.4) is 0 Å². The maximum absolute atomic E-state index is 12.2. The lowest BCUT2D eigenvalue weighted by atomic mass is 9.86. The summed E-state index contributed by atoms with van der Waals surface area (Å²) in [7, 11) is 0. The van der Waals surface area contributed by atoms with E-state index in [1.165, 1.54) is 0 Å². The molecule has 0 radical (unpaired) electrons. The van der Waals surface area contributed by atoms with Crippen molar-refractivity contribution in [3.8, 4) is 6.07 Å². The van der Waals surface area contributed by atoms with Crippen LogP contribution < -0.4 is 5.73 Å². The van der Waals surface area contributed by atoms with Gasteiger partial charge in [0.25, 0.3) is 0 Å². The van der Waals surface area contributed by atoms with Crippen molar-refractivity contribution in [2.45, 2.75) is 34.1 Å². The van der Waals surface area contributed by atoms with Gasteiger partial charge in [0.15, 0.2) is 0 Å². The van der Waals surface area contributed by atoms with Crippen molar-refractivity contribution in [3.63, 3.8) is 0 Å². The van der Waals surface area contributed by atoms with E-state index in [9.17, 15) is 4.79 Å². The Morgan fingerprint density at radius 2 is 2.12 bits per heavy atom. The Balaban J connectivity index is 4.72. The van der Waals surface area contributed by atoms with E-state index in [0.717, 1.165) is 6.42 Å². The summed E-state index contributed by atoms with van der Waals surface area (Å²) in [6, 6.07) is 2.15. The van der Waals surface area contributed by atoms with Crippen molar-refractivity contribution in [1.82, 2.24) is 4.90 Å². The molecule has 4 nitrogen and oxygen atoms in total. The fourth-order valence-electron chi connectivity index (χ4n) is 1.49. The van der Waals surface area contributed by atoms with Gasteiger partial charge in [0.2, 0.25) is 5.91 Å². The first kappa shape index (κ1) is 14.9. The van der Waals surface area contributed by atoms with E-state index in [1.807, 2.05) is 27.7 Å². The third-order valence-electron chi connectivity index (χ3n) is 3.13. The Kier molecular flexibility index (Phi) is 6.05. The minimum absolute atomic E-state index is 0.0575. The van der Waals surface area contributed by atoms with Gasteiger partial charge >= 0.3 is 0 Å². The Labute approximate surface area is 98.4 Å². The number of nitrogens with zero attached hydrogens (tertiary/aromatic N) is 2. The molecular weight excluding hydrogens is 202 g/mol. The van der Waals surface area contributed by atoms with E-state index in [4.69, 9.17) is 11.0 Å². The van der Waals surface area contributed by atoms with Gasteiger partial charge in [-0.2, -0.15) is 5.26 Å². The molecule has 2 N–H and O–H groups in total. The molecule has 0 aliphatic heterocycles. The first-order valence-corrected chi connectivity index (χ1v) is 5.84. The van der Waals surface area contributed by atoms with E-state index >= 15 is 0 Å². The first-order valence-electron chi connectivity index (χ1n) is 5.84. The molecule has 16 heavy (non-hydrogen) atoms. The van der Waals surface area contributed by atoms with Crippen molar-refractivity contribution in [1.29, 1.82) is 5.26 Å². The van der Waals surface area contributed by atoms with Gasteiger partial charge in [-0.25, -0.2) is 0 Å². The van der Waals surface area contributed by atoms with Crippen molar-refractivity contribution < 1.29 is 4.79 Å². The molecule has 92 valence electrons. The molecule has 0 aromatic rings. The van der Waals surface area contributed by atoms with Gasteiger partial charge in [0.1, 0.15) is 0 Å². The monoisotopic (exact) mass is 225 g/mol. The molecule has 0 heterocycles. The van der Waals surface area contributed by atoms with Crippen LogP contribution in [0.2, 0.25) is 0 Å². The SMILES string of the molecule is CCN(CC(C)C#N)C(=O)C(C)(CC)CN. The van der Waals surface area contributed by atoms with Crippen LogP contribution in [0.25, 0.3) is 0 Å². The van der Waals surface area contributed by atoms with Crippen molar-refractivity contribution in [3.05, 3.63) is 0 Å². The molecule has 4 heteroatoms. The third-order valence-corrected chi connectivity index (χ3v) is 3.13. The van der Waals surface area contributed by atoms with Crippen LogP contribution in [0.5, 0.6) is 0 Å². The lowest BCUT2D eigenvalue weighted by Crippen LogP contribution is -2.47. The number of hydrogen-bond acceptors (Lipinski definition) is 3. The molecule has 0 saturated heterocycles. The molecule has 0 aromatic heterocycles. The zero-order valence-corrected chi connectivity index (χ0v) is 10.8. The molecule has 2 unspecified atom stereocenters. The van der Waals surface area contributed by atoms with Crippen LogP contribution in [-0.2, 0) is 4.79 Å². The van der Waals surface area contributed by atoms with Crippen molar-refractivity contribution >= 4 is 5.91 Å². The average Bonchev–Trinajstić information content (AvgIpc) is 2.33. The highest BCUT2D eigenvalue weighted by molar-refractivity contribution is 5.82. The Hall–Kier alpha value is -1.08. The number of carbonyl (C=O) groups excluding carboxylic acids is 1. The van der Waals surface area contributed by atoms with Gasteiger partial charge in [-0.05, 0) is 27.2 Å². The maximum Gasteiger partial charge on any atom is 0.229 e. The molecule has 1 amide bonds. The molecule has 0 bridgehead atoms. The standard InChI is InChI=1S/C12H23N3O/c1-5-12(4,9-14)11(16)15(6-2)8-10(3)7-13/h10H,5-6,8-9,14H2,1-4H3. The number of carbonyl (C=O) groups is 1. The molecule has 0 saturated carbocycles. The van der Waals surface area contributed by atoms with Crippen LogP contribution in [0.15, 0.2) is 0 Å². The van der Waals surface area contributed by atoms with Crippen LogP contribution >= 0.6 is 0 Å². The molecular formula is C12H23N3O. The van der Waals surface area contributed by atoms with Crippen LogP contribution in [-0.4, -0.2) is 30.4 Å². The summed E-state index contributed by atoms with van der Waals surface area (Å²) in [5.74, 6) is -0.0788. The topological polar surface area (TPSA) is 70.1 Å². The highest BCUT2D eigenvalue weighted by Crippen LogP contribution is 2.23. The maximum atomic E-state index is 12.2. The van der Waals surface area contributed by atoms with Gasteiger partial charge in [-0.3, -0.25) is 4.79 Å². The summed E-state index contributed by atoms with van der Waals surface area (Å²) in [6.07, 6.45) is 0.722. The summed E-state index contributed by atoms with van der Waals surface area (Å²) < 4.78 is 0. The number of rotatable bonds is 6. The quantitative estimate of drug-likeness (QED) is 0.742. The zero-order chi connectivity index (χ0) is 12.8. The van der Waals surface area contributed by atoms with Gasteiger partial charge in [-0.15, -0.1) is 0 Å². The normalized spacial score (nSPS) is 16.0. The lowest BCUT2D eigenvalue weighted by Gasteiger charge is -2.33. The number of nitrogens with two attached hydrogens (primary N) is 1. The van der Waals surface area contributed by atoms with Gasteiger partial charge in [0.05, 0.1) is 17.4 Å². The minimum Gasteiger partial charge on any atom is -0.341 e. The number of nitriles is 1. The van der Waals surface area contributed by atoms with Crippen LogP contribution in [0.4, 0.5) is 0 Å². The Morgan fingerprint density at radius 3 is 2.44 bits per heavy atom. The molecule has 2 atom stereocenters. The second-order valence-corrected chi connectivity index (χ2v) is 4.49. The molecule has 0 aliphatic carbocycles. The summed E-state index contributed by atoms with van der Waals surface area (Å²) >= 11 is 0. The zero-order valence-electron chi connectivity index (χ0n) is 10.8. The minimum atomic E-state index is -0.495. The second kappa shape index (κ2) is 6.49. The van der Waals surface area contributed by atoms with E-state index in [1.54, 1.807) is 4.90 Å². The van der Waals surface area contributed by atoms with Crippen LogP contribution in [0.1, 0.15) is 34.1 Å². The Morgan fingerprint density at radius 1 is 1.56 bits per heavy atom. The van der Waals surface area contributed by atoms with Crippen molar-refractivity contribution in [2.24, 2.45) is 17.1 Å². The van der Waals surface area contributed by atoms with Gasteiger partial charge in [0, 0.05) is 19.6 Å². The third kappa shape index (κ3) is 3.49. The molecule has 0 fully saturated rings. The number of hydrogen-bond donors (Lipinski definition) is 1. The van der Waals surface area contributed by atoms with Crippen molar-refractivity contribution in [2.75, 3.05) is 19.6 Å². The molecule has 0 aromatic carbocycles. The molecule has 0 spiro atoms. The first-order chi connectivity index (χ1) is 7.45. The predicted octanol–water partition coefficient (Wildman–Crippen LogP) is 1.37. The van der Waals surface area contributed by atoms with E-state index in [0.29, 0.717) is 19.6 Å². The highest BCUT2D eigenvalue weighted by atomic mass is 16.2. The lowest BCUT2D eigenvalue weighted by molar-refractivity contribution is -0.141. The smallest absolute Gasteiger partial charge is 0.229 e. The van der Waals surface area contributed by atoms with E-state index in [-0.39, 0.29) is 11.8 Å². The summed E-state index contributed by atoms with van der Waals surface area (Å²) in [5.41, 5.74) is 5.17. The molecule has 0 aliphatic rings. The number of amides is 1. The molecule has 0 rings (SSSR count). The van der Waals surface area contributed by atoms with E-state index in [2.05, 4.69) is 6.07 Å². The summed E-state index contributed by atoms with van der Waals surface area (Å²) in [4.78, 5) is 14.0. The van der Waals surface area contributed by atoms with Crippen LogP contribution in [0, 0.1) is 22.7 Å². The summed E-state index contributed by atoms with van der Waals surface area (Å²) in [6.45, 7) is 9.05. The second-order valence-electron chi connectivity index (χ2n) is 4.49. The average molecular weight is 225 g/mol. The van der Waals surface area contributed by atoms with E-state index < -0.39 is 5.41 Å². The fourth-order valence-corrected chi connectivity index (χ4v) is 1.49. The van der Waals surface area contributed by atoms with Gasteiger partial charge in [-0.1, -0.05) is 6.92 Å². The fraction of sp³-hybridized carbons (Fsp3) is 0.833. The summed E-state index contributed by atoms with van der Waals surface area (Å²) in [5, 5.41) is 8.77. The Bertz CT molecular complexity index is 266.